The molecule has 0 spiro atoms. The highest BCUT2D eigenvalue weighted by atomic mass is 35.5. The van der Waals surface area contributed by atoms with Crippen LogP contribution in [0.5, 0.6) is 5.75 Å². The van der Waals surface area contributed by atoms with Crippen molar-refractivity contribution in [3.63, 3.8) is 0 Å². The van der Waals surface area contributed by atoms with Gasteiger partial charge in [-0.3, -0.25) is 9.69 Å². The van der Waals surface area contributed by atoms with Gasteiger partial charge in [-0.2, -0.15) is 0 Å². The molecule has 2 aromatic rings. The molecule has 0 aliphatic carbocycles. The number of carboxylic acids is 1. The van der Waals surface area contributed by atoms with Gasteiger partial charge in [0.25, 0.3) is 0 Å². The summed E-state index contributed by atoms with van der Waals surface area (Å²) in [5, 5.41) is 9.70. The van der Waals surface area contributed by atoms with Crippen molar-refractivity contribution in [2.24, 2.45) is 11.8 Å². The van der Waals surface area contributed by atoms with E-state index in [9.17, 15) is 4.79 Å². The molecule has 0 bridgehead atoms. The molecule has 154 valence electrons. The Kier molecular flexibility index (Phi) is 7.34. The van der Waals surface area contributed by atoms with E-state index in [2.05, 4.69) is 49.1 Å². The molecule has 1 aliphatic rings. The van der Waals surface area contributed by atoms with Crippen LogP contribution in [-0.4, -0.2) is 42.2 Å². The number of hydrogen-bond donors (Lipinski definition) is 1. The molecule has 1 N–H and O–H groups in total. The van der Waals surface area contributed by atoms with Crippen molar-refractivity contribution in [3.05, 3.63) is 70.8 Å². The number of ether oxygens (including phenoxy) is 1. The van der Waals surface area contributed by atoms with E-state index in [1.807, 2.05) is 24.3 Å². The van der Waals surface area contributed by atoms with Crippen molar-refractivity contribution in [1.29, 1.82) is 0 Å². The minimum atomic E-state index is -0.694. The molecule has 5 heteroatoms. The van der Waals surface area contributed by atoms with Crippen LogP contribution in [0.25, 0.3) is 5.57 Å². The lowest BCUT2D eigenvalue weighted by Crippen LogP contribution is -2.50. The largest absolute Gasteiger partial charge is 0.493 e. The van der Waals surface area contributed by atoms with Gasteiger partial charge in [0.2, 0.25) is 0 Å². The van der Waals surface area contributed by atoms with Gasteiger partial charge in [-0.1, -0.05) is 48.9 Å². The minimum Gasteiger partial charge on any atom is -0.493 e. The fraction of sp³-hybridized carbons (Fsp3) is 0.375. The Labute approximate surface area is 177 Å². The maximum Gasteiger partial charge on any atom is 0.309 e. The number of carbonyl (C=O) groups is 1. The molecular formula is C24H28ClNO3. The normalized spacial score (nSPS) is 16.3. The molecule has 1 atom stereocenters. The van der Waals surface area contributed by atoms with E-state index in [1.54, 1.807) is 0 Å². The first-order valence-corrected chi connectivity index (χ1v) is 10.4. The van der Waals surface area contributed by atoms with Crippen LogP contribution in [0.2, 0.25) is 5.02 Å². The number of rotatable bonds is 9. The van der Waals surface area contributed by atoms with Crippen LogP contribution in [0.4, 0.5) is 0 Å². The van der Waals surface area contributed by atoms with Crippen LogP contribution in [-0.2, 0) is 11.2 Å². The monoisotopic (exact) mass is 413 g/mol. The van der Waals surface area contributed by atoms with Crippen LogP contribution < -0.4 is 4.74 Å². The van der Waals surface area contributed by atoms with Crippen LogP contribution in [0.3, 0.4) is 0 Å². The Morgan fingerprint density at radius 2 is 1.86 bits per heavy atom. The molecule has 0 amide bonds. The quantitative estimate of drug-likeness (QED) is 0.627. The first kappa shape index (κ1) is 21.4. The number of carboxylic acid groups (broad SMARTS) is 1. The van der Waals surface area contributed by atoms with Crippen LogP contribution >= 0.6 is 11.6 Å². The molecule has 2 aromatic carbocycles. The standard InChI is InChI=1S/C24H28ClNO3/c1-17(13-19-3-7-22(25)8-4-19)16-29-23-9-5-20(6-10-23)18(2)11-12-26-14-21(15-26)24(27)28/h3-11,17,21H,12-16H2,1-2H3,(H,27,28)/b18-11+/t17-/m0/s1. The number of halogens is 1. The number of nitrogens with zero attached hydrogens (tertiary/aromatic N) is 1. The second-order valence-corrected chi connectivity index (χ2v) is 8.35. The number of hydrogen-bond acceptors (Lipinski definition) is 3. The van der Waals surface area contributed by atoms with Crippen LogP contribution in [0.15, 0.2) is 54.6 Å². The maximum absolute atomic E-state index is 10.9. The predicted molar refractivity (Wildman–Crippen MR) is 117 cm³/mol. The van der Waals surface area contributed by atoms with Crippen molar-refractivity contribution in [1.82, 2.24) is 4.90 Å². The van der Waals surface area contributed by atoms with E-state index in [0.29, 0.717) is 25.6 Å². The Hall–Kier alpha value is -2.30. The molecule has 1 fully saturated rings. The summed E-state index contributed by atoms with van der Waals surface area (Å²) in [4.78, 5) is 13.0. The zero-order valence-corrected chi connectivity index (χ0v) is 17.7. The predicted octanol–water partition coefficient (Wildman–Crippen LogP) is 5.02. The zero-order valence-electron chi connectivity index (χ0n) is 17.0. The highest BCUT2D eigenvalue weighted by Crippen LogP contribution is 2.21. The van der Waals surface area contributed by atoms with Crippen molar-refractivity contribution < 1.29 is 14.6 Å². The highest BCUT2D eigenvalue weighted by Gasteiger charge is 2.31. The maximum atomic E-state index is 10.9. The van der Waals surface area contributed by atoms with Crippen molar-refractivity contribution in [2.75, 3.05) is 26.2 Å². The van der Waals surface area contributed by atoms with Gasteiger partial charge in [-0.25, -0.2) is 0 Å². The lowest BCUT2D eigenvalue weighted by Gasteiger charge is -2.35. The van der Waals surface area contributed by atoms with E-state index in [0.717, 1.165) is 29.3 Å². The topological polar surface area (TPSA) is 49.8 Å². The first-order chi connectivity index (χ1) is 13.9. The SMILES string of the molecule is C/C(=C\CN1CC(C(=O)O)C1)c1ccc(OC[C@@H](C)Cc2ccc(Cl)cc2)cc1. The number of aliphatic carboxylic acids is 1. The van der Waals surface area contributed by atoms with Gasteiger partial charge in [0.15, 0.2) is 0 Å². The second kappa shape index (κ2) is 9.95. The second-order valence-electron chi connectivity index (χ2n) is 7.91. The fourth-order valence-corrected chi connectivity index (χ4v) is 3.52. The summed E-state index contributed by atoms with van der Waals surface area (Å²) in [5.74, 6) is 0.377. The van der Waals surface area contributed by atoms with E-state index in [4.69, 9.17) is 21.4 Å². The van der Waals surface area contributed by atoms with E-state index >= 15 is 0 Å². The molecular weight excluding hydrogens is 386 g/mol. The number of allylic oxidation sites excluding steroid dienone is 1. The van der Waals surface area contributed by atoms with Gasteiger partial charge in [0.05, 0.1) is 12.5 Å². The Balaban J connectivity index is 1.44. The van der Waals surface area contributed by atoms with Gasteiger partial charge in [-0.05, 0) is 60.2 Å². The molecule has 3 rings (SSSR count). The smallest absolute Gasteiger partial charge is 0.309 e. The molecule has 1 aliphatic heterocycles. The molecule has 0 unspecified atom stereocenters. The molecule has 29 heavy (non-hydrogen) atoms. The van der Waals surface area contributed by atoms with E-state index in [-0.39, 0.29) is 5.92 Å². The van der Waals surface area contributed by atoms with Crippen molar-refractivity contribution in [3.8, 4) is 5.75 Å². The van der Waals surface area contributed by atoms with Crippen LogP contribution in [0, 0.1) is 11.8 Å². The van der Waals surface area contributed by atoms with E-state index in [1.165, 1.54) is 11.1 Å². The zero-order chi connectivity index (χ0) is 20.8. The summed E-state index contributed by atoms with van der Waals surface area (Å²) in [5.41, 5.74) is 3.60. The first-order valence-electron chi connectivity index (χ1n) is 10.0. The fourth-order valence-electron chi connectivity index (χ4n) is 3.39. The minimum absolute atomic E-state index is 0.206. The summed E-state index contributed by atoms with van der Waals surface area (Å²) in [6, 6.07) is 16.1. The molecule has 0 aromatic heterocycles. The Bertz CT molecular complexity index is 839. The third kappa shape index (κ3) is 6.34. The molecule has 1 saturated heterocycles. The summed E-state index contributed by atoms with van der Waals surface area (Å²) < 4.78 is 5.95. The van der Waals surface area contributed by atoms with E-state index < -0.39 is 5.97 Å². The van der Waals surface area contributed by atoms with Gasteiger partial charge >= 0.3 is 5.97 Å². The summed E-state index contributed by atoms with van der Waals surface area (Å²) >= 11 is 5.93. The van der Waals surface area contributed by atoms with Gasteiger partial charge in [0, 0.05) is 24.7 Å². The van der Waals surface area contributed by atoms with Crippen molar-refractivity contribution >= 4 is 23.1 Å². The Morgan fingerprint density at radius 1 is 1.21 bits per heavy atom. The van der Waals surface area contributed by atoms with Gasteiger partial charge < -0.3 is 9.84 Å². The molecule has 1 heterocycles. The summed E-state index contributed by atoms with van der Waals surface area (Å²) in [6.45, 7) is 6.99. The van der Waals surface area contributed by atoms with Crippen molar-refractivity contribution in [2.45, 2.75) is 20.3 Å². The van der Waals surface area contributed by atoms with Gasteiger partial charge in [0.1, 0.15) is 5.75 Å². The number of likely N-dealkylation sites (tertiary alicyclic amines) is 1. The highest BCUT2D eigenvalue weighted by molar-refractivity contribution is 6.30. The van der Waals surface area contributed by atoms with Crippen LogP contribution in [0.1, 0.15) is 25.0 Å². The third-order valence-electron chi connectivity index (χ3n) is 5.30. The summed E-state index contributed by atoms with van der Waals surface area (Å²) in [6.07, 6.45) is 3.11. The molecule has 0 saturated carbocycles. The number of benzene rings is 2. The lowest BCUT2D eigenvalue weighted by atomic mass is 10.00. The summed E-state index contributed by atoms with van der Waals surface area (Å²) in [7, 11) is 0. The molecule has 4 nitrogen and oxygen atoms in total. The lowest BCUT2D eigenvalue weighted by molar-refractivity contribution is -0.147. The average Bonchev–Trinajstić information content (AvgIpc) is 2.67. The third-order valence-corrected chi connectivity index (χ3v) is 5.56. The average molecular weight is 414 g/mol. The Morgan fingerprint density at radius 3 is 2.48 bits per heavy atom. The van der Waals surface area contributed by atoms with Gasteiger partial charge in [-0.15, -0.1) is 0 Å². The molecule has 0 radical (unpaired) electrons.